The van der Waals surface area contributed by atoms with Crippen molar-refractivity contribution < 1.29 is 0 Å². The SMILES string of the molecule is NCc1ccc(CNc2ccccc2Cl)s1. The zero-order chi connectivity index (χ0) is 11.4. The number of anilines is 1. The van der Waals surface area contributed by atoms with Gasteiger partial charge in [0.05, 0.1) is 10.7 Å². The third-order valence-corrected chi connectivity index (χ3v) is 3.68. The van der Waals surface area contributed by atoms with Gasteiger partial charge in [0.1, 0.15) is 0 Å². The Morgan fingerprint density at radius 2 is 1.88 bits per heavy atom. The molecule has 0 unspecified atom stereocenters. The fourth-order valence-electron chi connectivity index (χ4n) is 1.41. The minimum atomic E-state index is 0.608. The Bertz CT molecular complexity index is 468. The summed E-state index contributed by atoms with van der Waals surface area (Å²) in [7, 11) is 0. The molecule has 0 aliphatic carbocycles. The smallest absolute Gasteiger partial charge is 0.0637 e. The molecule has 2 rings (SSSR count). The number of nitrogens with one attached hydrogen (secondary N) is 1. The highest BCUT2D eigenvalue weighted by Crippen LogP contribution is 2.22. The van der Waals surface area contributed by atoms with Crippen LogP contribution in [0.2, 0.25) is 5.02 Å². The minimum absolute atomic E-state index is 0.608. The van der Waals surface area contributed by atoms with E-state index in [0.717, 1.165) is 17.3 Å². The summed E-state index contributed by atoms with van der Waals surface area (Å²) in [4.78, 5) is 2.47. The monoisotopic (exact) mass is 252 g/mol. The Balaban J connectivity index is 1.99. The largest absolute Gasteiger partial charge is 0.379 e. The third kappa shape index (κ3) is 2.76. The van der Waals surface area contributed by atoms with Crippen molar-refractivity contribution in [1.82, 2.24) is 0 Å². The van der Waals surface area contributed by atoms with E-state index >= 15 is 0 Å². The van der Waals surface area contributed by atoms with E-state index in [9.17, 15) is 0 Å². The Morgan fingerprint density at radius 3 is 2.56 bits per heavy atom. The van der Waals surface area contributed by atoms with E-state index in [4.69, 9.17) is 17.3 Å². The molecule has 2 aromatic rings. The van der Waals surface area contributed by atoms with Crippen LogP contribution in [-0.4, -0.2) is 0 Å². The van der Waals surface area contributed by atoms with Crippen LogP contribution in [0.4, 0.5) is 5.69 Å². The second kappa shape index (κ2) is 5.34. The highest BCUT2D eigenvalue weighted by molar-refractivity contribution is 7.11. The van der Waals surface area contributed by atoms with Crippen LogP contribution in [0.3, 0.4) is 0 Å². The van der Waals surface area contributed by atoms with Gasteiger partial charge in [-0.15, -0.1) is 11.3 Å². The van der Waals surface area contributed by atoms with Gasteiger partial charge in [-0.05, 0) is 24.3 Å². The molecular formula is C12H13ClN2S. The number of benzene rings is 1. The topological polar surface area (TPSA) is 38.0 Å². The van der Waals surface area contributed by atoms with Gasteiger partial charge in [-0.1, -0.05) is 23.7 Å². The third-order valence-electron chi connectivity index (χ3n) is 2.25. The van der Waals surface area contributed by atoms with Crippen molar-refractivity contribution in [3.05, 3.63) is 51.2 Å². The number of halogens is 1. The van der Waals surface area contributed by atoms with Gasteiger partial charge in [-0.3, -0.25) is 0 Å². The number of hydrogen-bond donors (Lipinski definition) is 2. The average molecular weight is 253 g/mol. The fourth-order valence-corrected chi connectivity index (χ4v) is 2.45. The lowest BCUT2D eigenvalue weighted by molar-refractivity contribution is 1.11. The predicted octanol–water partition coefficient (Wildman–Crippen LogP) is 3.47. The van der Waals surface area contributed by atoms with E-state index in [2.05, 4.69) is 17.4 Å². The molecule has 0 radical (unpaired) electrons. The van der Waals surface area contributed by atoms with Crippen LogP contribution >= 0.6 is 22.9 Å². The summed E-state index contributed by atoms with van der Waals surface area (Å²) in [6.07, 6.45) is 0. The number of rotatable bonds is 4. The summed E-state index contributed by atoms with van der Waals surface area (Å²) >= 11 is 7.77. The Morgan fingerprint density at radius 1 is 1.12 bits per heavy atom. The molecule has 0 amide bonds. The van der Waals surface area contributed by atoms with E-state index in [-0.39, 0.29) is 0 Å². The van der Waals surface area contributed by atoms with E-state index in [1.165, 1.54) is 9.75 Å². The van der Waals surface area contributed by atoms with E-state index in [1.54, 1.807) is 11.3 Å². The maximum absolute atomic E-state index is 6.04. The summed E-state index contributed by atoms with van der Waals surface area (Å²) < 4.78 is 0. The molecule has 1 heterocycles. The van der Waals surface area contributed by atoms with Gasteiger partial charge < -0.3 is 11.1 Å². The summed E-state index contributed by atoms with van der Waals surface area (Å²) in [6.45, 7) is 1.39. The van der Waals surface area contributed by atoms with Gasteiger partial charge in [0.25, 0.3) is 0 Å². The van der Waals surface area contributed by atoms with Crippen molar-refractivity contribution >= 4 is 28.6 Å². The first-order chi connectivity index (χ1) is 7.79. The molecule has 0 atom stereocenters. The standard InChI is InChI=1S/C12H13ClN2S/c13-11-3-1-2-4-12(11)15-8-10-6-5-9(7-14)16-10/h1-6,15H,7-8,14H2. The molecule has 0 saturated carbocycles. The first-order valence-electron chi connectivity index (χ1n) is 5.05. The van der Waals surface area contributed by atoms with Crippen LogP contribution in [0, 0.1) is 0 Å². The van der Waals surface area contributed by atoms with Crippen LogP contribution in [0.25, 0.3) is 0 Å². The molecule has 0 fully saturated rings. The molecule has 84 valence electrons. The Hall–Kier alpha value is -1.03. The van der Waals surface area contributed by atoms with Crippen LogP contribution < -0.4 is 11.1 Å². The summed E-state index contributed by atoms with van der Waals surface area (Å²) in [6, 6.07) is 11.9. The van der Waals surface area contributed by atoms with Crippen LogP contribution in [0.1, 0.15) is 9.75 Å². The molecule has 3 N–H and O–H groups in total. The van der Waals surface area contributed by atoms with E-state index in [1.807, 2.05) is 24.3 Å². The van der Waals surface area contributed by atoms with Crippen molar-refractivity contribution in [1.29, 1.82) is 0 Å². The van der Waals surface area contributed by atoms with Gasteiger partial charge in [0.2, 0.25) is 0 Å². The number of para-hydroxylation sites is 1. The Labute approximate surface area is 104 Å². The van der Waals surface area contributed by atoms with Crippen molar-refractivity contribution in [2.45, 2.75) is 13.1 Å². The van der Waals surface area contributed by atoms with Crippen molar-refractivity contribution in [2.24, 2.45) is 5.73 Å². The lowest BCUT2D eigenvalue weighted by atomic mass is 10.3. The molecule has 16 heavy (non-hydrogen) atoms. The van der Waals surface area contributed by atoms with E-state index < -0.39 is 0 Å². The normalized spacial score (nSPS) is 10.4. The molecule has 0 aliphatic rings. The van der Waals surface area contributed by atoms with Gasteiger partial charge in [0, 0.05) is 22.8 Å². The first-order valence-corrected chi connectivity index (χ1v) is 6.25. The average Bonchev–Trinajstić information content (AvgIpc) is 2.76. The highest BCUT2D eigenvalue weighted by atomic mass is 35.5. The van der Waals surface area contributed by atoms with Crippen molar-refractivity contribution in [3.63, 3.8) is 0 Å². The lowest BCUT2D eigenvalue weighted by Gasteiger charge is -2.06. The molecule has 0 spiro atoms. The Kier molecular flexibility index (Phi) is 3.83. The zero-order valence-corrected chi connectivity index (χ0v) is 10.3. The number of hydrogen-bond acceptors (Lipinski definition) is 3. The fraction of sp³-hybridized carbons (Fsp3) is 0.167. The number of nitrogens with two attached hydrogens (primary N) is 1. The molecule has 1 aromatic carbocycles. The zero-order valence-electron chi connectivity index (χ0n) is 8.74. The van der Waals surface area contributed by atoms with Gasteiger partial charge in [-0.25, -0.2) is 0 Å². The van der Waals surface area contributed by atoms with Gasteiger partial charge >= 0.3 is 0 Å². The lowest BCUT2D eigenvalue weighted by Crippen LogP contribution is -1.97. The molecule has 4 heteroatoms. The molecular weight excluding hydrogens is 240 g/mol. The summed E-state index contributed by atoms with van der Waals surface area (Å²) in [5.41, 5.74) is 6.53. The van der Waals surface area contributed by atoms with Crippen LogP contribution in [-0.2, 0) is 13.1 Å². The maximum Gasteiger partial charge on any atom is 0.0637 e. The highest BCUT2D eigenvalue weighted by Gasteiger charge is 2.00. The van der Waals surface area contributed by atoms with E-state index in [0.29, 0.717) is 6.54 Å². The second-order valence-corrected chi connectivity index (χ2v) is 5.07. The van der Waals surface area contributed by atoms with Gasteiger partial charge in [0.15, 0.2) is 0 Å². The minimum Gasteiger partial charge on any atom is -0.379 e. The number of thiophene rings is 1. The summed E-state index contributed by atoms with van der Waals surface area (Å²) in [5, 5.41) is 4.05. The molecule has 0 bridgehead atoms. The van der Waals surface area contributed by atoms with Gasteiger partial charge in [-0.2, -0.15) is 0 Å². The molecule has 2 nitrogen and oxygen atoms in total. The van der Waals surface area contributed by atoms with Crippen molar-refractivity contribution in [3.8, 4) is 0 Å². The van der Waals surface area contributed by atoms with Crippen LogP contribution in [0.15, 0.2) is 36.4 Å². The summed E-state index contributed by atoms with van der Waals surface area (Å²) in [5.74, 6) is 0. The molecule has 0 aliphatic heterocycles. The molecule has 1 aromatic heterocycles. The first kappa shape index (κ1) is 11.5. The van der Waals surface area contributed by atoms with Crippen molar-refractivity contribution in [2.75, 3.05) is 5.32 Å². The quantitative estimate of drug-likeness (QED) is 0.875. The van der Waals surface area contributed by atoms with Crippen LogP contribution in [0.5, 0.6) is 0 Å². The predicted molar refractivity (Wildman–Crippen MR) is 71.0 cm³/mol. The maximum atomic E-state index is 6.04. The molecule has 0 saturated heterocycles. The second-order valence-electron chi connectivity index (χ2n) is 3.41.